The van der Waals surface area contributed by atoms with Gasteiger partial charge in [0.2, 0.25) is 5.91 Å². The van der Waals surface area contributed by atoms with Crippen molar-refractivity contribution in [3.63, 3.8) is 0 Å². The van der Waals surface area contributed by atoms with E-state index in [-0.39, 0.29) is 29.6 Å². The van der Waals surface area contributed by atoms with Crippen LogP contribution in [0.25, 0.3) is 5.69 Å². The number of aromatic nitrogens is 2. The molecule has 2 aromatic carbocycles. The molecule has 0 fully saturated rings. The number of rotatable bonds is 8. The minimum absolute atomic E-state index is 0.140. The van der Waals surface area contributed by atoms with Gasteiger partial charge in [0.05, 0.1) is 30.6 Å². The SMILES string of the molecule is COc1ccccc1C(=O)NC(C(=O)NC(C)c1cnn(-c2ccc(F)cc2)c1C)C(C)C. The van der Waals surface area contributed by atoms with Gasteiger partial charge >= 0.3 is 0 Å². The molecule has 2 unspecified atom stereocenters. The second kappa shape index (κ2) is 10.3. The molecule has 0 aliphatic heterocycles. The van der Waals surface area contributed by atoms with Gasteiger partial charge < -0.3 is 15.4 Å². The van der Waals surface area contributed by atoms with E-state index >= 15 is 0 Å². The summed E-state index contributed by atoms with van der Waals surface area (Å²) in [5.41, 5.74) is 2.74. The maximum absolute atomic E-state index is 13.2. The number of methoxy groups -OCH3 is 1. The Balaban J connectivity index is 1.74. The van der Waals surface area contributed by atoms with E-state index in [4.69, 9.17) is 4.74 Å². The zero-order chi connectivity index (χ0) is 24.1. The van der Waals surface area contributed by atoms with Crippen molar-refractivity contribution >= 4 is 11.8 Å². The summed E-state index contributed by atoms with van der Waals surface area (Å²) in [5.74, 6) is -0.697. The van der Waals surface area contributed by atoms with Gasteiger partial charge in [0.15, 0.2) is 0 Å². The minimum atomic E-state index is -0.739. The lowest BCUT2D eigenvalue weighted by Gasteiger charge is -2.24. The van der Waals surface area contributed by atoms with Crippen molar-refractivity contribution in [2.24, 2.45) is 5.92 Å². The van der Waals surface area contributed by atoms with Gasteiger partial charge in [-0.1, -0.05) is 26.0 Å². The number of benzene rings is 2. The molecule has 7 nitrogen and oxygen atoms in total. The molecular weight excluding hydrogens is 423 g/mol. The fraction of sp³-hybridized carbons (Fsp3) is 0.320. The predicted octanol–water partition coefficient (Wildman–Crippen LogP) is 3.96. The summed E-state index contributed by atoms with van der Waals surface area (Å²) >= 11 is 0. The average molecular weight is 453 g/mol. The van der Waals surface area contributed by atoms with Crippen LogP contribution in [0, 0.1) is 18.7 Å². The van der Waals surface area contributed by atoms with E-state index in [1.165, 1.54) is 19.2 Å². The first kappa shape index (κ1) is 24.0. The van der Waals surface area contributed by atoms with E-state index in [9.17, 15) is 14.0 Å². The first-order chi connectivity index (χ1) is 15.7. The van der Waals surface area contributed by atoms with Crippen LogP contribution in [0.2, 0.25) is 0 Å². The van der Waals surface area contributed by atoms with Gasteiger partial charge in [-0.05, 0) is 56.2 Å². The van der Waals surface area contributed by atoms with Gasteiger partial charge in [0, 0.05) is 11.3 Å². The van der Waals surface area contributed by atoms with Crippen molar-refractivity contribution in [1.29, 1.82) is 0 Å². The third-order valence-corrected chi connectivity index (χ3v) is 5.53. The molecule has 2 atom stereocenters. The first-order valence-corrected chi connectivity index (χ1v) is 10.8. The van der Waals surface area contributed by atoms with Crippen LogP contribution in [-0.4, -0.2) is 34.7 Å². The number of para-hydroxylation sites is 1. The summed E-state index contributed by atoms with van der Waals surface area (Å²) in [6, 6.07) is 11.8. The van der Waals surface area contributed by atoms with Crippen LogP contribution < -0.4 is 15.4 Å². The third-order valence-electron chi connectivity index (χ3n) is 5.53. The highest BCUT2D eigenvalue weighted by molar-refractivity contribution is 5.99. The van der Waals surface area contributed by atoms with Crippen LogP contribution in [-0.2, 0) is 4.79 Å². The Morgan fingerprint density at radius 3 is 2.33 bits per heavy atom. The highest BCUT2D eigenvalue weighted by Gasteiger charge is 2.27. The molecule has 0 saturated heterocycles. The van der Waals surface area contributed by atoms with E-state index in [1.807, 2.05) is 27.7 Å². The maximum Gasteiger partial charge on any atom is 0.255 e. The van der Waals surface area contributed by atoms with E-state index in [0.29, 0.717) is 11.3 Å². The standard InChI is InChI=1S/C25H29FN4O3/c1-15(2)23(29-24(31)20-8-6-7-9-22(20)33-5)25(32)28-16(3)21-14-27-30(17(21)4)19-12-10-18(26)11-13-19/h6-16,23H,1-5H3,(H,28,32)(H,29,31). The summed E-state index contributed by atoms with van der Waals surface area (Å²) in [4.78, 5) is 25.9. The molecule has 0 aliphatic carbocycles. The Bertz CT molecular complexity index is 1120. The molecule has 3 aromatic rings. The van der Waals surface area contributed by atoms with Crippen molar-refractivity contribution in [2.75, 3.05) is 7.11 Å². The fourth-order valence-corrected chi connectivity index (χ4v) is 3.66. The van der Waals surface area contributed by atoms with Crippen molar-refractivity contribution in [1.82, 2.24) is 20.4 Å². The largest absolute Gasteiger partial charge is 0.496 e. The number of nitrogens with zero attached hydrogens (tertiary/aromatic N) is 2. The molecule has 1 aromatic heterocycles. The molecule has 0 bridgehead atoms. The highest BCUT2D eigenvalue weighted by Crippen LogP contribution is 2.21. The fourth-order valence-electron chi connectivity index (χ4n) is 3.66. The summed E-state index contributed by atoms with van der Waals surface area (Å²) in [6.45, 7) is 7.48. The van der Waals surface area contributed by atoms with E-state index in [0.717, 1.165) is 16.9 Å². The zero-order valence-corrected chi connectivity index (χ0v) is 19.4. The Morgan fingerprint density at radius 1 is 1.03 bits per heavy atom. The highest BCUT2D eigenvalue weighted by atomic mass is 19.1. The van der Waals surface area contributed by atoms with Gasteiger partial charge in [0.1, 0.15) is 17.6 Å². The molecule has 2 amide bonds. The minimum Gasteiger partial charge on any atom is -0.496 e. The monoisotopic (exact) mass is 452 g/mol. The lowest BCUT2D eigenvalue weighted by Crippen LogP contribution is -2.50. The second-order valence-corrected chi connectivity index (χ2v) is 8.20. The van der Waals surface area contributed by atoms with E-state index < -0.39 is 6.04 Å². The number of amides is 2. The number of carbonyl (C=O) groups is 2. The lowest BCUT2D eigenvalue weighted by atomic mass is 10.0. The maximum atomic E-state index is 13.2. The normalized spacial score (nSPS) is 12.8. The van der Waals surface area contributed by atoms with Crippen LogP contribution >= 0.6 is 0 Å². The number of nitrogens with one attached hydrogen (secondary N) is 2. The molecule has 0 radical (unpaired) electrons. The van der Waals surface area contributed by atoms with Gasteiger partial charge in [-0.15, -0.1) is 0 Å². The number of carbonyl (C=O) groups excluding carboxylic acids is 2. The molecule has 0 aliphatic rings. The van der Waals surface area contributed by atoms with Crippen LogP contribution in [0.3, 0.4) is 0 Å². The van der Waals surface area contributed by atoms with Crippen LogP contribution in [0.5, 0.6) is 5.75 Å². The average Bonchev–Trinajstić information content (AvgIpc) is 3.18. The Morgan fingerprint density at radius 2 is 1.70 bits per heavy atom. The van der Waals surface area contributed by atoms with Crippen LogP contribution in [0.15, 0.2) is 54.7 Å². The van der Waals surface area contributed by atoms with E-state index in [1.54, 1.807) is 47.3 Å². The first-order valence-electron chi connectivity index (χ1n) is 10.8. The van der Waals surface area contributed by atoms with Crippen molar-refractivity contribution in [2.45, 2.75) is 39.8 Å². The van der Waals surface area contributed by atoms with Crippen LogP contribution in [0.1, 0.15) is 48.4 Å². The summed E-state index contributed by atoms with van der Waals surface area (Å²) < 4.78 is 20.2. The van der Waals surface area contributed by atoms with Gasteiger partial charge in [0.25, 0.3) is 5.91 Å². The van der Waals surface area contributed by atoms with Crippen molar-refractivity contribution in [3.8, 4) is 11.4 Å². The smallest absolute Gasteiger partial charge is 0.255 e. The van der Waals surface area contributed by atoms with Gasteiger partial charge in [-0.3, -0.25) is 9.59 Å². The number of ether oxygens (including phenoxy) is 1. The summed E-state index contributed by atoms with van der Waals surface area (Å²) in [7, 11) is 1.49. The Kier molecular flexibility index (Phi) is 7.48. The molecule has 0 spiro atoms. The quantitative estimate of drug-likeness (QED) is 0.542. The second-order valence-electron chi connectivity index (χ2n) is 8.20. The van der Waals surface area contributed by atoms with E-state index in [2.05, 4.69) is 15.7 Å². The van der Waals surface area contributed by atoms with Gasteiger partial charge in [-0.2, -0.15) is 5.10 Å². The number of hydrogen-bond acceptors (Lipinski definition) is 4. The molecule has 8 heteroatoms. The number of hydrogen-bond donors (Lipinski definition) is 2. The Hall–Kier alpha value is -3.68. The van der Waals surface area contributed by atoms with Crippen molar-refractivity contribution < 1.29 is 18.7 Å². The summed E-state index contributed by atoms with van der Waals surface area (Å²) in [6.07, 6.45) is 1.68. The Labute approximate surface area is 193 Å². The van der Waals surface area contributed by atoms with Crippen LogP contribution in [0.4, 0.5) is 4.39 Å². The molecule has 1 heterocycles. The molecule has 3 rings (SSSR count). The molecular formula is C25H29FN4O3. The predicted molar refractivity (Wildman–Crippen MR) is 124 cm³/mol. The molecule has 174 valence electrons. The summed E-state index contributed by atoms with van der Waals surface area (Å²) in [5, 5.41) is 10.2. The third kappa shape index (κ3) is 5.39. The molecule has 0 saturated carbocycles. The van der Waals surface area contributed by atoms with Crippen molar-refractivity contribution in [3.05, 3.63) is 77.4 Å². The lowest BCUT2D eigenvalue weighted by molar-refractivity contribution is -0.124. The topological polar surface area (TPSA) is 85.2 Å². The number of halogens is 1. The molecule has 2 N–H and O–H groups in total. The zero-order valence-electron chi connectivity index (χ0n) is 19.4. The molecule has 33 heavy (non-hydrogen) atoms. The van der Waals surface area contributed by atoms with Gasteiger partial charge in [-0.25, -0.2) is 9.07 Å².